The highest BCUT2D eigenvalue weighted by atomic mass is 32.2. The van der Waals surface area contributed by atoms with E-state index in [0.29, 0.717) is 0 Å². The van der Waals surface area contributed by atoms with Gasteiger partial charge in [-0.3, -0.25) is 9.69 Å². The van der Waals surface area contributed by atoms with Gasteiger partial charge >= 0.3 is 0 Å². The van der Waals surface area contributed by atoms with Crippen LogP contribution in [0.5, 0.6) is 5.75 Å². The molecular weight excluding hydrogens is 294 g/mol. The van der Waals surface area contributed by atoms with Gasteiger partial charge in [0, 0.05) is 5.69 Å². The highest BCUT2D eigenvalue weighted by Gasteiger charge is 2.39. The lowest BCUT2D eigenvalue weighted by molar-refractivity contribution is -0.117. The second-order valence-electron chi connectivity index (χ2n) is 5.45. The number of carbonyl (C=O) groups excluding carboxylic acids is 1. The van der Waals surface area contributed by atoms with E-state index in [1.807, 2.05) is 67.3 Å². The van der Waals surface area contributed by atoms with Crippen LogP contribution in [0.15, 0.2) is 48.5 Å². The lowest BCUT2D eigenvalue weighted by atomic mass is 10.1. The molecule has 0 bridgehead atoms. The first-order valence-corrected chi connectivity index (χ1v) is 8.23. The molecule has 3 rings (SSSR count). The highest BCUT2D eigenvalue weighted by Crippen LogP contribution is 2.45. The largest absolute Gasteiger partial charge is 0.497 e. The summed E-state index contributed by atoms with van der Waals surface area (Å²) in [6.45, 7) is 4.02. The van der Waals surface area contributed by atoms with Gasteiger partial charge in [-0.15, -0.1) is 11.8 Å². The van der Waals surface area contributed by atoms with Gasteiger partial charge in [-0.05, 0) is 43.7 Å². The Balaban J connectivity index is 1.97. The minimum Gasteiger partial charge on any atom is -0.497 e. The Bertz CT molecular complexity index is 666. The Hall–Kier alpha value is -1.94. The Labute approximate surface area is 135 Å². The maximum atomic E-state index is 12.6. The molecule has 0 unspecified atom stereocenters. The SMILES string of the molecule is COc1ccc([C@@H]2S[C@@H](C)C(=O)N2c2ccc(C)cc2)cc1. The van der Waals surface area contributed by atoms with Gasteiger partial charge in [0.15, 0.2) is 0 Å². The highest BCUT2D eigenvalue weighted by molar-refractivity contribution is 8.01. The summed E-state index contributed by atoms with van der Waals surface area (Å²) in [5.41, 5.74) is 3.26. The monoisotopic (exact) mass is 313 g/mol. The van der Waals surface area contributed by atoms with Crippen molar-refractivity contribution in [2.75, 3.05) is 12.0 Å². The molecule has 114 valence electrons. The van der Waals surface area contributed by atoms with Crippen LogP contribution in [-0.2, 0) is 4.79 Å². The molecule has 22 heavy (non-hydrogen) atoms. The summed E-state index contributed by atoms with van der Waals surface area (Å²) in [5, 5.41) is -0.0236. The molecule has 0 spiro atoms. The van der Waals surface area contributed by atoms with Crippen molar-refractivity contribution in [2.24, 2.45) is 0 Å². The normalized spacial score (nSPS) is 21.2. The molecule has 3 nitrogen and oxygen atoms in total. The van der Waals surface area contributed by atoms with Crippen molar-refractivity contribution in [1.82, 2.24) is 0 Å². The topological polar surface area (TPSA) is 29.5 Å². The van der Waals surface area contributed by atoms with Gasteiger partial charge in [0.05, 0.1) is 12.4 Å². The fourth-order valence-corrected chi connectivity index (χ4v) is 3.87. The zero-order chi connectivity index (χ0) is 15.7. The zero-order valence-corrected chi connectivity index (χ0v) is 13.8. The third kappa shape index (κ3) is 2.71. The summed E-state index contributed by atoms with van der Waals surface area (Å²) >= 11 is 1.68. The number of benzene rings is 2. The Kier molecular flexibility index (Phi) is 4.12. The molecule has 0 saturated carbocycles. The first kappa shape index (κ1) is 15.0. The number of amides is 1. The minimum absolute atomic E-state index is 0.0103. The third-order valence-electron chi connectivity index (χ3n) is 3.87. The average molecular weight is 313 g/mol. The number of hydrogen-bond acceptors (Lipinski definition) is 3. The van der Waals surface area contributed by atoms with Crippen LogP contribution in [0.4, 0.5) is 5.69 Å². The Morgan fingerprint density at radius 2 is 1.68 bits per heavy atom. The van der Waals surface area contributed by atoms with E-state index in [1.165, 1.54) is 5.56 Å². The Morgan fingerprint density at radius 1 is 1.05 bits per heavy atom. The van der Waals surface area contributed by atoms with Crippen molar-refractivity contribution in [2.45, 2.75) is 24.5 Å². The maximum Gasteiger partial charge on any atom is 0.241 e. The van der Waals surface area contributed by atoms with E-state index in [2.05, 4.69) is 0 Å². The number of carbonyl (C=O) groups is 1. The predicted octanol–water partition coefficient (Wildman–Crippen LogP) is 4.17. The molecule has 1 aliphatic rings. The van der Waals surface area contributed by atoms with Gasteiger partial charge in [0.25, 0.3) is 0 Å². The molecule has 0 N–H and O–H groups in total. The summed E-state index contributed by atoms with van der Waals surface area (Å²) < 4.78 is 5.21. The maximum absolute atomic E-state index is 12.6. The summed E-state index contributed by atoms with van der Waals surface area (Å²) in [4.78, 5) is 14.5. The molecule has 2 aromatic rings. The van der Waals surface area contributed by atoms with E-state index in [1.54, 1.807) is 18.9 Å². The molecule has 4 heteroatoms. The van der Waals surface area contributed by atoms with E-state index in [0.717, 1.165) is 17.0 Å². The first-order valence-electron chi connectivity index (χ1n) is 7.29. The van der Waals surface area contributed by atoms with Crippen LogP contribution in [0.1, 0.15) is 23.4 Å². The number of anilines is 1. The van der Waals surface area contributed by atoms with Gasteiger partial charge in [-0.25, -0.2) is 0 Å². The van der Waals surface area contributed by atoms with Crippen LogP contribution in [0.2, 0.25) is 0 Å². The average Bonchev–Trinajstić information content (AvgIpc) is 2.84. The van der Waals surface area contributed by atoms with Gasteiger partial charge in [0.2, 0.25) is 5.91 Å². The Morgan fingerprint density at radius 3 is 2.27 bits per heavy atom. The van der Waals surface area contributed by atoms with Crippen molar-refractivity contribution < 1.29 is 9.53 Å². The molecule has 0 radical (unpaired) electrons. The molecule has 1 saturated heterocycles. The molecule has 1 amide bonds. The van der Waals surface area contributed by atoms with Gasteiger partial charge in [-0.1, -0.05) is 29.8 Å². The lowest BCUT2D eigenvalue weighted by Crippen LogP contribution is -2.30. The summed E-state index contributed by atoms with van der Waals surface area (Å²) in [6.07, 6.45) is 0. The van der Waals surface area contributed by atoms with Crippen LogP contribution < -0.4 is 9.64 Å². The lowest BCUT2D eigenvalue weighted by Gasteiger charge is -2.24. The number of thioether (sulfide) groups is 1. The second kappa shape index (κ2) is 6.05. The summed E-state index contributed by atoms with van der Waals surface area (Å²) in [7, 11) is 1.66. The van der Waals surface area contributed by atoms with Crippen molar-refractivity contribution in [3.63, 3.8) is 0 Å². The molecule has 2 atom stereocenters. The summed E-state index contributed by atoms with van der Waals surface area (Å²) in [6, 6.07) is 16.1. The molecule has 0 aliphatic carbocycles. The quantitative estimate of drug-likeness (QED) is 0.851. The van der Waals surface area contributed by atoms with E-state index >= 15 is 0 Å². The number of aryl methyl sites for hydroxylation is 1. The van der Waals surface area contributed by atoms with E-state index in [-0.39, 0.29) is 16.5 Å². The molecule has 1 heterocycles. The number of hydrogen-bond donors (Lipinski definition) is 0. The van der Waals surface area contributed by atoms with Gasteiger partial charge in [-0.2, -0.15) is 0 Å². The number of ether oxygens (including phenoxy) is 1. The number of nitrogens with zero attached hydrogens (tertiary/aromatic N) is 1. The zero-order valence-electron chi connectivity index (χ0n) is 12.9. The van der Waals surface area contributed by atoms with E-state index in [9.17, 15) is 4.79 Å². The van der Waals surface area contributed by atoms with Crippen molar-refractivity contribution in [3.8, 4) is 5.75 Å². The number of rotatable bonds is 3. The number of methoxy groups -OCH3 is 1. The predicted molar refractivity (Wildman–Crippen MR) is 91.5 cm³/mol. The standard InChI is InChI=1S/C18H19NO2S/c1-12-4-8-15(9-5-12)19-17(20)13(2)22-18(19)14-6-10-16(21-3)11-7-14/h4-11,13,18H,1-3H3/t13-,18-/m0/s1. The van der Waals surface area contributed by atoms with Crippen LogP contribution in [0, 0.1) is 6.92 Å². The van der Waals surface area contributed by atoms with Gasteiger partial charge < -0.3 is 4.74 Å². The molecule has 2 aromatic carbocycles. The van der Waals surface area contributed by atoms with Crippen LogP contribution >= 0.6 is 11.8 Å². The summed E-state index contributed by atoms with van der Waals surface area (Å²) in [5.74, 6) is 0.989. The third-order valence-corrected chi connectivity index (χ3v) is 5.22. The smallest absolute Gasteiger partial charge is 0.241 e. The molecular formula is C18H19NO2S. The molecule has 0 aromatic heterocycles. The fourth-order valence-electron chi connectivity index (χ4n) is 2.59. The van der Waals surface area contributed by atoms with Crippen molar-refractivity contribution in [1.29, 1.82) is 0 Å². The molecule has 1 fully saturated rings. The van der Waals surface area contributed by atoms with Crippen LogP contribution in [-0.4, -0.2) is 18.3 Å². The molecule has 1 aliphatic heterocycles. The van der Waals surface area contributed by atoms with E-state index < -0.39 is 0 Å². The first-order chi connectivity index (χ1) is 10.6. The minimum atomic E-state index is -0.0339. The van der Waals surface area contributed by atoms with Crippen molar-refractivity contribution >= 4 is 23.4 Å². The van der Waals surface area contributed by atoms with Crippen molar-refractivity contribution in [3.05, 3.63) is 59.7 Å². The van der Waals surface area contributed by atoms with Crippen LogP contribution in [0.25, 0.3) is 0 Å². The van der Waals surface area contributed by atoms with Crippen LogP contribution in [0.3, 0.4) is 0 Å². The fraction of sp³-hybridized carbons (Fsp3) is 0.278. The van der Waals surface area contributed by atoms with E-state index in [4.69, 9.17) is 4.74 Å². The second-order valence-corrected chi connectivity index (χ2v) is 6.87. The van der Waals surface area contributed by atoms with Gasteiger partial charge in [0.1, 0.15) is 11.1 Å².